The minimum Gasteiger partial charge on any atom is -0.350 e. The van der Waals surface area contributed by atoms with Crippen LogP contribution in [0.5, 0.6) is 0 Å². The van der Waals surface area contributed by atoms with E-state index in [2.05, 4.69) is 20.8 Å². The molecule has 2 aromatic carbocycles. The van der Waals surface area contributed by atoms with Crippen molar-refractivity contribution in [2.24, 2.45) is 0 Å². The summed E-state index contributed by atoms with van der Waals surface area (Å²) in [5.41, 5.74) is 1.83. The van der Waals surface area contributed by atoms with Crippen LogP contribution in [-0.4, -0.2) is 26.1 Å². The fraction of sp³-hybridized carbons (Fsp3) is 0.176. The van der Waals surface area contributed by atoms with Crippen LogP contribution in [0.4, 0.5) is 4.39 Å². The lowest BCUT2D eigenvalue weighted by atomic mass is 10.1. The largest absolute Gasteiger partial charge is 0.350 e. The summed E-state index contributed by atoms with van der Waals surface area (Å²) in [5, 5.41) is 13.9. The van der Waals surface area contributed by atoms with Gasteiger partial charge in [0.05, 0.1) is 0 Å². The Balaban J connectivity index is 1.70. The van der Waals surface area contributed by atoms with Gasteiger partial charge in [0.1, 0.15) is 18.2 Å². The number of halogens is 1. The van der Waals surface area contributed by atoms with Crippen molar-refractivity contribution in [2.75, 3.05) is 0 Å². The van der Waals surface area contributed by atoms with E-state index in [-0.39, 0.29) is 11.7 Å². The van der Waals surface area contributed by atoms with Crippen LogP contribution in [0.3, 0.4) is 0 Å². The minimum atomic E-state index is -0.553. The van der Waals surface area contributed by atoms with Crippen molar-refractivity contribution in [1.82, 2.24) is 25.5 Å². The SMILES string of the molecule is O=C(NCc1ccc(F)cc1)C(Cc1ccccc1)n1cnnn1. The lowest BCUT2D eigenvalue weighted by Crippen LogP contribution is -2.34. The van der Waals surface area contributed by atoms with Gasteiger partial charge in [0.25, 0.3) is 0 Å². The van der Waals surface area contributed by atoms with Crippen LogP contribution in [0.1, 0.15) is 17.2 Å². The number of carbonyl (C=O) groups is 1. The molecule has 1 unspecified atom stereocenters. The third kappa shape index (κ3) is 4.01. The first kappa shape index (κ1) is 15.8. The van der Waals surface area contributed by atoms with E-state index in [1.807, 2.05) is 30.3 Å². The first-order valence-electron chi connectivity index (χ1n) is 7.51. The normalized spacial score (nSPS) is 11.9. The van der Waals surface area contributed by atoms with Gasteiger partial charge in [0, 0.05) is 13.0 Å². The van der Waals surface area contributed by atoms with Gasteiger partial charge in [-0.1, -0.05) is 42.5 Å². The molecule has 0 aliphatic rings. The lowest BCUT2D eigenvalue weighted by Gasteiger charge is -2.16. The molecule has 0 saturated heterocycles. The van der Waals surface area contributed by atoms with Gasteiger partial charge in [-0.15, -0.1) is 5.10 Å². The van der Waals surface area contributed by atoms with Crippen LogP contribution < -0.4 is 5.32 Å². The Morgan fingerprint density at radius 2 is 1.83 bits per heavy atom. The minimum absolute atomic E-state index is 0.199. The fourth-order valence-corrected chi connectivity index (χ4v) is 2.36. The number of carbonyl (C=O) groups excluding carboxylic acids is 1. The zero-order valence-corrected chi connectivity index (χ0v) is 12.8. The molecule has 0 aliphatic carbocycles. The van der Waals surface area contributed by atoms with Crippen molar-refractivity contribution >= 4 is 5.91 Å². The standard InChI is InChI=1S/C17H16FN5O/c18-15-8-6-14(7-9-15)11-19-17(24)16(23-12-20-21-22-23)10-13-4-2-1-3-5-13/h1-9,12,16H,10-11H2,(H,19,24). The summed E-state index contributed by atoms with van der Waals surface area (Å²) in [6, 6.07) is 15.1. The smallest absolute Gasteiger partial charge is 0.245 e. The highest BCUT2D eigenvalue weighted by molar-refractivity contribution is 5.80. The van der Waals surface area contributed by atoms with E-state index >= 15 is 0 Å². The molecule has 1 atom stereocenters. The van der Waals surface area contributed by atoms with Gasteiger partial charge in [-0.3, -0.25) is 4.79 Å². The third-order valence-electron chi connectivity index (χ3n) is 3.64. The van der Waals surface area contributed by atoms with Gasteiger partial charge in [-0.2, -0.15) is 0 Å². The molecule has 0 radical (unpaired) electrons. The van der Waals surface area contributed by atoms with Crippen molar-refractivity contribution in [1.29, 1.82) is 0 Å². The van der Waals surface area contributed by atoms with Gasteiger partial charge in [0.2, 0.25) is 5.91 Å². The van der Waals surface area contributed by atoms with Gasteiger partial charge in [0.15, 0.2) is 0 Å². The summed E-state index contributed by atoms with van der Waals surface area (Å²) >= 11 is 0. The molecule has 24 heavy (non-hydrogen) atoms. The highest BCUT2D eigenvalue weighted by atomic mass is 19.1. The van der Waals surface area contributed by atoms with Crippen molar-refractivity contribution < 1.29 is 9.18 Å². The zero-order chi connectivity index (χ0) is 16.8. The van der Waals surface area contributed by atoms with Crippen LogP contribution >= 0.6 is 0 Å². The number of rotatable bonds is 6. The molecule has 0 saturated carbocycles. The maximum absolute atomic E-state index is 12.9. The van der Waals surface area contributed by atoms with Crippen molar-refractivity contribution in [3.8, 4) is 0 Å². The highest BCUT2D eigenvalue weighted by Gasteiger charge is 2.22. The predicted molar refractivity (Wildman–Crippen MR) is 85.2 cm³/mol. The maximum atomic E-state index is 12.9. The molecule has 1 N–H and O–H groups in total. The van der Waals surface area contributed by atoms with E-state index in [4.69, 9.17) is 0 Å². The second kappa shape index (κ2) is 7.45. The van der Waals surface area contributed by atoms with Gasteiger partial charge in [-0.25, -0.2) is 9.07 Å². The number of hydrogen-bond donors (Lipinski definition) is 1. The van der Waals surface area contributed by atoms with Crippen molar-refractivity contribution in [2.45, 2.75) is 19.0 Å². The average molecular weight is 325 g/mol. The zero-order valence-electron chi connectivity index (χ0n) is 12.8. The number of aromatic nitrogens is 4. The first-order chi connectivity index (χ1) is 11.7. The van der Waals surface area contributed by atoms with E-state index in [1.54, 1.807) is 12.1 Å². The summed E-state index contributed by atoms with van der Waals surface area (Å²) in [7, 11) is 0. The second-order valence-corrected chi connectivity index (χ2v) is 5.34. The molecule has 0 bridgehead atoms. The molecule has 3 rings (SSSR count). The Morgan fingerprint density at radius 1 is 1.08 bits per heavy atom. The number of amides is 1. The highest BCUT2D eigenvalue weighted by Crippen LogP contribution is 2.13. The molecule has 0 fully saturated rings. The Hall–Kier alpha value is -3.09. The molecule has 1 aromatic heterocycles. The summed E-state index contributed by atoms with van der Waals surface area (Å²) < 4.78 is 14.4. The number of benzene rings is 2. The van der Waals surface area contributed by atoms with E-state index < -0.39 is 6.04 Å². The van der Waals surface area contributed by atoms with Crippen LogP contribution in [0, 0.1) is 5.82 Å². The third-order valence-corrected chi connectivity index (χ3v) is 3.64. The number of nitrogens with one attached hydrogen (secondary N) is 1. The van der Waals surface area contributed by atoms with E-state index in [0.717, 1.165) is 11.1 Å². The number of nitrogens with zero attached hydrogens (tertiary/aromatic N) is 4. The molecule has 3 aromatic rings. The van der Waals surface area contributed by atoms with Crippen LogP contribution in [0.2, 0.25) is 0 Å². The Kier molecular flexibility index (Phi) is 4.90. The summed E-state index contributed by atoms with van der Waals surface area (Å²) in [5.74, 6) is -0.504. The molecule has 6 nitrogen and oxygen atoms in total. The molecule has 122 valence electrons. The van der Waals surface area contributed by atoms with Gasteiger partial charge in [-0.05, 0) is 33.7 Å². The monoisotopic (exact) mass is 325 g/mol. The molecule has 1 amide bonds. The quantitative estimate of drug-likeness (QED) is 0.751. The summed E-state index contributed by atoms with van der Waals surface area (Å²) in [4.78, 5) is 12.6. The molecular weight excluding hydrogens is 309 g/mol. The molecule has 0 spiro atoms. The molecule has 0 aliphatic heterocycles. The molecule has 7 heteroatoms. The van der Waals surface area contributed by atoms with E-state index in [9.17, 15) is 9.18 Å². The van der Waals surface area contributed by atoms with Crippen LogP contribution in [-0.2, 0) is 17.8 Å². The Bertz CT molecular complexity index is 775. The van der Waals surface area contributed by atoms with Crippen LogP contribution in [0.15, 0.2) is 60.9 Å². The summed E-state index contributed by atoms with van der Waals surface area (Å²) in [6.07, 6.45) is 1.90. The van der Waals surface area contributed by atoms with Crippen molar-refractivity contribution in [3.05, 3.63) is 77.9 Å². The average Bonchev–Trinajstić information content (AvgIpc) is 3.14. The van der Waals surface area contributed by atoms with E-state index in [0.29, 0.717) is 13.0 Å². The number of hydrogen-bond acceptors (Lipinski definition) is 4. The lowest BCUT2D eigenvalue weighted by molar-refractivity contribution is -0.124. The number of tetrazole rings is 1. The maximum Gasteiger partial charge on any atom is 0.245 e. The predicted octanol–water partition coefficient (Wildman–Crippen LogP) is 1.91. The van der Waals surface area contributed by atoms with Crippen molar-refractivity contribution in [3.63, 3.8) is 0 Å². The molecular formula is C17H16FN5O. The Morgan fingerprint density at radius 3 is 2.50 bits per heavy atom. The van der Waals surface area contributed by atoms with Crippen LogP contribution in [0.25, 0.3) is 0 Å². The first-order valence-corrected chi connectivity index (χ1v) is 7.51. The molecule has 1 heterocycles. The van der Waals surface area contributed by atoms with Gasteiger partial charge < -0.3 is 5.32 Å². The van der Waals surface area contributed by atoms with Gasteiger partial charge >= 0.3 is 0 Å². The second-order valence-electron chi connectivity index (χ2n) is 5.34. The van der Waals surface area contributed by atoms with E-state index in [1.165, 1.54) is 23.1 Å². The topological polar surface area (TPSA) is 72.7 Å². The summed E-state index contributed by atoms with van der Waals surface area (Å²) in [6.45, 7) is 0.312. The Labute approximate surface area is 138 Å². The fourth-order valence-electron chi connectivity index (χ4n) is 2.36.